The first-order chi connectivity index (χ1) is 8.45. The van der Waals surface area contributed by atoms with E-state index in [1.807, 2.05) is 36.4 Å². The van der Waals surface area contributed by atoms with Gasteiger partial charge >= 0.3 is 0 Å². The zero-order chi connectivity index (χ0) is 13.3. The Bertz CT molecular complexity index is 559. The van der Waals surface area contributed by atoms with Gasteiger partial charge in [-0.1, -0.05) is 18.2 Å². The predicted octanol–water partition coefficient (Wildman–Crippen LogP) is 2.44. The summed E-state index contributed by atoms with van der Waals surface area (Å²) >= 11 is 0. The number of aliphatic hydroxyl groups is 2. The van der Waals surface area contributed by atoms with E-state index >= 15 is 0 Å². The first kappa shape index (κ1) is 12.9. The van der Waals surface area contributed by atoms with Gasteiger partial charge in [-0.05, 0) is 48.4 Å². The highest BCUT2D eigenvalue weighted by Crippen LogP contribution is 2.29. The van der Waals surface area contributed by atoms with Crippen molar-refractivity contribution in [3.05, 3.63) is 42.0 Å². The molecule has 0 aliphatic carbocycles. The monoisotopic (exact) mass is 246 g/mol. The third-order valence-electron chi connectivity index (χ3n) is 3.45. The topological polar surface area (TPSA) is 49.7 Å². The van der Waals surface area contributed by atoms with Gasteiger partial charge in [-0.3, -0.25) is 0 Å². The smallest absolute Gasteiger partial charge is 0.119 e. The van der Waals surface area contributed by atoms with Gasteiger partial charge in [-0.2, -0.15) is 0 Å². The Morgan fingerprint density at radius 1 is 1.11 bits per heavy atom. The second kappa shape index (κ2) is 4.59. The molecule has 2 atom stereocenters. The number of fused-ring (bicyclic) bond motifs is 1. The molecule has 0 aliphatic rings. The van der Waals surface area contributed by atoms with Gasteiger partial charge in [0.2, 0.25) is 0 Å². The Balaban J connectivity index is 2.51. The molecule has 0 aromatic heterocycles. The lowest BCUT2D eigenvalue weighted by Crippen LogP contribution is -2.34. The highest BCUT2D eigenvalue weighted by atomic mass is 16.5. The molecule has 0 bridgehead atoms. The zero-order valence-electron chi connectivity index (χ0n) is 10.8. The molecule has 2 aromatic rings. The lowest BCUT2D eigenvalue weighted by molar-refractivity contribution is -0.0568. The number of aliphatic hydroxyl groups excluding tert-OH is 1. The Hall–Kier alpha value is -1.58. The molecule has 96 valence electrons. The maximum Gasteiger partial charge on any atom is 0.119 e. The normalized spacial score (nSPS) is 16.3. The number of methoxy groups -OCH3 is 1. The molecule has 0 fully saturated rings. The maximum atomic E-state index is 10.2. The van der Waals surface area contributed by atoms with Crippen LogP contribution in [-0.4, -0.2) is 23.4 Å². The lowest BCUT2D eigenvalue weighted by atomic mass is 9.89. The lowest BCUT2D eigenvalue weighted by Gasteiger charge is -2.27. The van der Waals surface area contributed by atoms with E-state index in [-0.39, 0.29) is 0 Å². The van der Waals surface area contributed by atoms with Gasteiger partial charge in [0.15, 0.2) is 0 Å². The molecule has 2 unspecified atom stereocenters. The minimum Gasteiger partial charge on any atom is -0.497 e. The van der Waals surface area contributed by atoms with E-state index in [1.165, 1.54) is 0 Å². The third-order valence-corrected chi connectivity index (χ3v) is 3.45. The summed E-state index contributed by atoms with van der Waals surface area (Å²) in [5, 5.41) is 21.9. The van der Waals surface area contributed by atoms with Crippen LogP contribution in [0.4, 0.5) is 0 Å². The summed E-state index contributed by atoms with van der Waals surface area (Å²) in [6.07, 6.45) is -0.826. The van der Waals surface area contributed by atoms with E-state index in [0.717, 1.165) is 16.5 Å². The van der Waals surface area contributed by atoms with Crippen LogP contribution in [0.25, 0.3) is 10.8 Å². The maximum absolute atomic E-state index is 10.2. The molecule has 0 saturated heterocycles. The van der Waals surface area contributed by atoms with Crippen LogP contribution in [0.15, 0.2) is 36.4 Å². The second-order valence-electron chi connectivity index (χ2n) is 4.75. The molecule has 3 heteroatoms. The highest BCUT2D eigenvalue weighted by Gasteiger charge is 2.28. The molecular formula is C15H18O3. The first-order valence-corrected chi connectivity index (χ1v) is 5.94. The van der Waals surface area contributed by atoms with Crippen LogP contribution in [-0.2, 0) is 5.60 Å². The van der Waals surface area contributed by atoms with E-state index in [1.54, 1.807) is 21.0 Å². The minimum atomic E-state index is -1.24. The third kappa shape index (κ3) is 2.19. The van der Waals surface area contributed by atoms with Crippen LogP contribution in [0.5, 0.6) is 5.75 Å². The Morgan fingerprint density at radius 2 is 1.72 bits per heavy atom. The molecule has 0 saturated carbocycles. The number of hydrogen-bond acceptors (Lipinski definition) is 3. The van der Waals surface area contributed by atoms with E-state index in [4.69, 9.17) is 4.74 Å². The number of ether oxygens (including phenoxy) is 1. The van der Waals surface area contributed by atoms with E-state index < -0.39 is 11.7 Å². The molecule has 0 amide bonds. The van der Waals surface area contributed by atoms with Crippen LogP contribution in [0.1, 0.15) is 19.4 Å². The molecule has 0 aliphatic heterocycles. The fraction of sp³-hybridized carbons (Fsp3) is 0.333. The summed E-state index contributed by atoms with van der Waals surface area (Å²) in [6, 6.07) is 11.4. The van der Waals surface area contributed by atoms with Gasteiger partial charge in [0.25, 0.3) is 0 Å². The molecule has 2 N–H and O–H groups in total. The average molecular weight is 246 g/mol. The minimum absolute atomic E-state index is 0.704. The summed E-state index contributed by atoms with van der Waals surface area (Å²) in [7, 11) is 1.63. The molecule has 0 radical (unpaired) electrons. The molecule has 18 heavy (non-hydrogen) atoms. The number of hydrogen-bond donors (Lipinski definition) is 2. The van der Waals surface area contributed by atoms with Crippen LogP contribution in [0, 0.1) is 0 Å². The fourth-order valence-corrected chi connectivity index (χ4v) is 1.91. The summed E-state index contributed by atoms with van der Waals surface area (Å²) in [5.41, 5.74) is -0.538. The van der Waals surface area contributed by atoms with E-state index in [0.29, 0.717) is 5.56 Å². The zero-order valence-corrected chi connectivity index (χ0v) is 10.8. The van der Waals surface area contributed by atoms with E-state index in [9.17, 15) is 10.2 Å². The fourth-order valence-electron chi connectivity index (χ4n) is 1.91. The SMILES string of the molecule is COc1ccc2cc(C(C)(O)C(C)O)ccc2c1. The van der Waals surface area contributed by atoms with Crippen molar-refractivity contribution in [3.8, 4) is 5.75 Å². The first-order valence-electron chi connectivity index (χ1n) is 5.94. The summed E-state index contributed by atoms with van der Waals surface area (Å²) in [5.74, 6) is 0.803. The Kier molecular flexibility index (Phi) is 3.28. The largest absolute Gasteiger partial charge is 0.497 e. The molecule has 2 aromatic carbocycles. The Labute approximate surface area is 107 Å². The van der Waals surface area contributed by atoms with Crippen molar-refractivity contribution in [1.82, 2.24) is 0 Å². The van der Waals surface area contributed by atoms with Crippen molar-refractivity contribution in [2.24, 2.45) is 0 Å². The summed E-state index contributed by atoms with van der Waals surface area (Å²) in [4.78, 5) is 0. The van der Waals surface area contributed by atoms with Crippen LogP contribution < -0.4 is 4.74 Å². The van der Waals surface area contributed by atoms with Crippen LogP contribution in [0.3, 0.4) is 0 Å². The van der Waals surface area contributed by atoms with Crippen molar-refractivity contribution in [2.45, 2.75) is 25.6 Å². The predicted molar refractivity (Wildman–Crippen MR) is 71.8 cm³/mol. The van der Waals surface area contributed by atoms with Crippen molar-refractivity contribution in [3.63, 3.8) is 0 Å². The van der Waals surface area contributed by atoms with Crippen molar-refractivity contribution in [1.29, 1.82) is 0 Å². The van der Waals surface area contributed by atoms with Gasteiger partial charge in [-0.25, -0.2) is 0 Å². The molecule has 0 heterocycles. The van der Waals surface area contributed by atoms with Gasteiger partial charge in [0.1, 0.15) is 11.4 Å². The summed E-state index contributed by atoms with van der Waals surface area (Å²) < 4.78 is 5.17. The van der Waals surface area contributed by atoms with Gasteiger partial charge in [0, 0.05) is 0 Å². The Morgan fingerprint density at radius 3 is 2.33 bits per heavy atom. The molecule has 0 spiro atoms. The highest BCUT2D eigenvalue weighted by molar-refractivity contribution is 5.84. The van der Waals surface area contributed by atoms with Crippen LogP contribution in [0.2, 0.25) is 0 Å². The van der Waals surface area contributed by atoms with Gasteiger partial charge in [-0.15, -0.1) is 0 Å². The molecule has 3 nitrogen and oxygen atoms in total. The average Bonchev–Trinajstić information content (AvgIpc) is 2.37. The summed E-state index contributed by atoms with van der Waals surface area (Å²) in [6.45, 7) is 3.20. The van der Waals surface area contributed by atoms with Gasteiger partial charge < -0.3 is 14.9 Å². The van der Waals surface area contributed by atoms with Crippen molar-refractivity contribution < 1.29 is 14.9 Å². The second-order valence-corrected chi connectivity index (χ2v) is 4.75. The molecular weight excluding hydrogens is 228 g/mol. The van der Waals surface area contributed by atoms with Crippen molar-refractivity contribution in [2.75, 3.05) is 7.11 Å². The quantitative estimate of drug-likeness (QED) is 0.874. The van der Waals surface area contributed by atoms with Gasteiger partial charge in [0.05, 0.1) is 13.2 Å². The van der Waals surface area contributed by atoms with E-state index in [2.05, 4.69) is 0 Å². The number of benzene rings is 2. The standard InChI is InChI=1S/C15H18O3/c1-10(16)15(2,17)13-6-4-12-9-14(18-3)7-5-11(12)8-13/h4-10,16-17H,1-3H3. The number of rotatable bonds is 3. The van der Waals surface area contributed by atoms with Crippen molar-refractivity contribution >= 4 is 10.8 Å². The van der Waals surface area contributed by atoms with Crippen LogP contribution >= 0.6 is 0 Å². The molecule has 2 rings (SSSR count).